The summed E-state index contributed by atoms with van der Waals surface area (Å²) in [6.07, 6.45) is 2.90. The van der Waals surface area contributed by atoms with E-state index >= 15 is 0 Å². The molecule has 0 aliphatic carbocycles. The van der Waals surface area contributed by atoms with E-state index in [2.05, 4.69) is 40.5 Å². The van der Waals surface area contributed by atoms with Crippen molar-refractivity contribution in [1.82, 2.24) is 10.2 Å². The number of carboxylic acids is 1. The first-order chi connectivity index (χ1) is 11.9. The molecule has 0 spiro atoms. The maximum atomic E-state index is 11.0. The number of hydrogen-bond donors (Lipinski definition) is 2. The van der Waals surface area contributed by atoms with E-state index in [0.717, 1.165) is 40.9 Å². The molecule has 4 heteroatoms. The van der Waals surface area contributed by atoms with Crippen molar-refractivity contribution in [2.75, 3.05) is 21.1 Å². The van der Waals surface area contributed by atoms with Gasteiger partial charge in [-0.25, -0.2) is 4.79 Å². The van der Waals surface area contributed by atoms with Crippen LogP contribution >= 0.6 is 0 Å². The van der Waals surface area contributed by atoms with Gasteiger partial charge in [-0.2, -0.15) is 0 Å². The molecule has 2 rings (SSSR count). The molecule has 0 saturated carbocycles. The minimum atomic E-state index is -0.939. The van der Waals surface area contributed by atoms with Crippen LogP contribution in [0.4, 0.5) is 0 Å². The van der Waals surface area contributed by atoms with Crippen LogP contribution in [-0.2, 0) is 17.9 Å². The maximum absolute atomic E-state index is 11.0. The van der Waals surface area contributed by atoms with Crippen molar-refractivity contribution < 1.29 is 9.90 Å². The van der Waals surface area contributed by atoms with Crippen LogP contribution in [0.1, 0.15) is 22.3 Å². The average Bonchev–Trinajstić information content (AvgIpc) is 2.55. The number of hydrogen-bond acceptors (Lipinski definition) is 3. The van der Waals surface area contributed by atoms with Crippen molar-refractivity contribution in [2.45, 2.75) is 20.0 Å². The molecule has 0 radical (unpaired) electrons. The van der Waals surface area contributed by atoms with Crippen molar-refractivity contribution in [2.24, 2.45) is 0 Å². The Labute approximate surface area is 149 Å². The number of carbonyl (C=O) groups is 1. The molecule has 25 heavy (non-hydrogen) atoms. The van der Waals surface area contributed by atoms with Crippen molar-refractivity contribution >= 4 is 12.0 Å². The second kappa shape index (κ2) is 8.60. The predicted octanol–water partition coefficient (Wildman–Crippen LogP) is 3.54. The number of nitrogens with one attached hydrogen (secondary N) is 1. The second-order valence-corrected chi connectivity index (χ2v) is 6.47. The zero-order chi connectivity index (χ0) is 18.4. The summed E-state index contributed by atoms with van der Waals surface area (Å²) in [6, 6.07) is 12.6. The Bertz CT molecular complexity index is 762. The van der Waals surface area contributed by atoms with Gasteiger partial charge in [-0.15, -0.1) is 0 Å². The topological polar surface area (TPSA) is 52.6 Å². The molecule has 132 valence electrons. The Morgan fingerprint density at radius 1 is 1.16 bits per heavy atom. The zero-order valence-electron chi connectivity index (χ0n) is 15.3. The van der Waals surface area contributed by atoms with Gasteiger partial charge in [0.05, 0.1) is 0 Å². The third kappa shape index (κ3) is 5.02. The van der Waals surface area contributed by atoms with Crippen LogP contribution in [0.3, 0.4) is 0 Å². The van der Waals surface area contributed by atoms with Crippen LogP contribution in [0, 0.1) is 6.92 Å². The number of aliphatic carboxylic acids is 1. The summed E-state index contributed by atoms with van der Waals surface area (Å²) in [5.41, 5.74) is 6.60. The van der Waals surface area contributed by atoms with Gasteiger partial charge in [-0.05, 0) is 67.5 Å². The lowest BCUT2D eigenvalue weighted by Crippen LogP contribution is -2.10. The van der Waals surface area contributed by atoms with Gasteiger partial charge in [-0.1, -0.05) is 36.4 Å². The largest absolute Gasteiger partial charge is 0.478 e. The molecular weight excluding hydrogens is 312 g/mol. The Morgan fingerprint density at radius 3 is 2.40 bits per heavy atom. The highest BCUT2D eigenvalue weighted by Crippen LogP contribution is 2.31. The lowest BCUT2D eigenvalue weighted by Gasteiger charge is -2.17. The Balaban J connectivity index is 2.56. The monoisotopic (exact) mass is 338 g/mol. The van der Waals surface area contributed by atoms with Gasteiger partial charge in [0, 0.05) is 19.2 Å². The Hall–Kier alpha value is -2.43. The highest BCUT2D eigenvalue weighted by molar-refractivity contribution is 5.89. The molecule has 0 bridgehead atoms. The SMILES string of the molecule is CNCc1ccc(C)c(/C=C\C(=O)O)c1-c1ccc(CN(C)C)cc1. The van der Waals surface area contributed by atoms with E-state index < -0.39 is 5.97 Å². The summed E-state index contributed by atoms with van der Waals surface area (Å²) in [5.74, 6) is -0.939. The summed E-state index contributed by atoms with van der Waals surface area (Å²) in [5, 5.41) is 12.2. The summed E-state index contributed by atoms with van der Waals surface area (Å²) in [6.45, 7) is 3.63. The summed E-state index contributed by atoms with van der Waals surface area (Å²) < 4.78 is 0. The number of carboxylic acid groups (broad SMARTS) is 1. The first kappa shape index (κ1) is 18.9. The van der Waals surface area contributed by atoms with Gasteiger partial charge < -0.3 is 15.3 Å². The van der Waals surface area contributed by atoms with Crippen LogP contribution in [0.5, 0.6) is 0 Å². The van der Waals surface area contributed by atoms with Crippen LogP contribution in [0.2, 0.25) is 0 Å². The molecule has 0 saturated heterocycles. The lowest BCUT2D eigenvalue weighted by molar-refractivity contribution is -0.131. The van der Waals surface area contributed by atoms with E-state index in [1.165, 1.54) is 11.6 Å². The zero-order valence-corrected chi connectivity index (χ0v) is 15.3. The molecule has 0 atom stereocenters. The second-order valence-electron chi connectivity index (χ2n) is 6.47. The average molecular weight is 338 g/mol. The maximum Gasteiger partial charge on any atom is 0.328 e. The summed E-state index contributed by atoms with van der Waals surface area (Å²) in [7, 11) is 6.01. The van der Waals surface area contributed by atoms with Crippen LogP contribution in [0.15, 0.2) is 42.5 Å². The highest BCUT2D eigenvalue weighted by Gasteiger charge is 2.12. The highest BCUT2D eigenvalue weighted by atomic mass is 16.4. The van der Waals surface area contributed by atoms with Crippen molar-refractivity contribution in [1.29, 1.82) is 0 Å². The number of benzene rings is 2. The van der Waals surface area contributed by atoms with Crippen molar-refractivity contribution in [3.8, 4) is 11.1 Å². The molecule has 2 aromatic carbocycles. The van der Waals surface area contributed by atoms with E-state index in [1.54, 1.807) is 6.08 Å². The third-order valence-electron chi connectivity index (χ3n) is 4.05. The Kier molecular flexibility index (Phi) is 6.51. The van der Waals surface area contributed by atoms with E-state index in [4.69, 9.17) is 5.11 Å². The fourth-order valence-electron chi connectivity index (χ4n) is 2.96. The molecule has 2 N–H and O–H groups in total. The fourth-order valence-corrected chi connectivity index (χ4v) is 2.96. The Morgan fingerprint density at radius 2 is 1.84 bits per heavy atom. The van der Waals surface area contributed by atoms with Gasteiger partial charge in [0.1, 0.15) is 0 Å². The molecule has 2 aromatic rings. The standard InChI is InChI=1S/C21H26N2O2/c1-15-5-8-18(13-22-2)21(19(15)11-12-20(24)25)17-9-6-16(7-10-17)14-23(3)4/h5-12,22H,13-14H2,1-4H3,(H,24,25)/b12-11-. The molecule has 0 aromatic heterocycles. The number of rotatable bonds is 7. The quantitative estimate of drug-likeness (QED) is 0.758. The van der Waals surface area contributed by atoms with Gasteiger partial charge in [0.25, 0.3) is 0 Å². The fraction of sp³-hybridized carbons (Fsp3) is 0.286. The molecule has 0 heterocycles. The minimum absolute atomic E-state index is 0.725. The van der Waals surface area contributed by atoms with Crippen molar-refractivity contribution in [3.05, 3.63) is 64.7 Å². The first-order valence-electron chi connectivity index (χ1n) is 8.34. The van der Waals surface area contributed by atoms with Gasteiger partial charge >= 0.3 is 5.97 Å². The van der Waals surface area contributed by atoms with Crippen LogP contribution in [0.25, 0.3) is 17.2 Å². The smallest absolute Gasteiger partial charge is 0.328 e. The van der Waals surface area contributed by atoms with Gasteiger partial charge in [0.15, 0.2) is 0 Å². The number of aryl methyl sites for hydroxylation is 1. The van der Waals surface area contributed by atoms with E-state index in [-0.39, 0.29) is 0 Å². The molecular formula is C21H26N2O2. The molecule has 0 aliphatic rings. The molecule has 0 amide bonds. The molecule has 0 unspecified atom stereocenters. The predicted molar refractivity (Wildman–Crippen MR) is 103 cm³/mol. The number of nitrogens with zero attached hydrogens (tertiary/aromatic N) is 1. The van der Waals surface area contributed by atoms with E-state index in [0.29, 0.717) is 0 Å². The van der Waals surface area contributed by atoms with Gasteiger partial charge in [0.2, 0.25) is 0 Å². The molecule has 0 fully saturated rings. The summed E-state index contributed by atoms with van der Waals surface area (Å²) in [4.78, 5) is 13.1. The molecule has 0 aliphatic heterocycles. The normalized spacial score (nSPS) is 11.4. The van der Waals surface area contributed by atoms with Gasteiger partial charge in [-0.3, -0.25) is 0 Å². The van der Waals surface area contributed by atoms with Crippen molar-refractivity contribution in [3.63, 3.8) is 0 Å². The van der Waals surface area contributed by atoms with E-state index in [9.17, 15) is 4.79 Å². The summed E-state index contributed by atoms with van der Waals surface area (Å²) >= 11 is 0. The van der Waals surface area contributed by atoms with Crippen LogP contribution in [-0.4, -0.2) is 37.1 Å². The minimum Gasteiger partial charge on any atom is -0.478 e. The molecule has 4 nitrogen and oxygen atoms in total. The lowest BCUT2D eigenvalue weighted by atomic mass is 9.90. The third-order valence-corrected chi connectivity index (χ3v) is 4.05. The first-order valence-corrected chi connectivity index (χ1v) is 8.34. The van der Waals surface area contributed by atoms with E-state index in [1.807, 2.05) is 34.1 Å². The van der Waals surface area contributed by atoms with Crippen LogP contribution < -0.4 is 5.32 Å².